The van der Waals surface area contributed by atoms with E-state index in [-0.39, 0.29) is 24.6 Å². The minimum absolute atomic E-state index is 0. The molecule has 1 aliphatic heterocycles. The fourth-order valence-electron chi connectivity index (χ4n) is 1.50. The maximum absolute atomic E-state index is 12.2. The van der Waals surface area contributed by atoms with Crippen molar-refractivity contribution in [2.24, 2.45) is 0 Å². The van der Waals surface area contributed by atoms with E-state index in [2.05, 4.69) is 17.9 Å². The van der Waals surface area contributed by atoms with E-state index in [4.69, 9.17) is 25.6 Å². The maximum Gasteiger partial charge on any atom is 0.490 e. The summed E-state index contributed by atoms with van der Waals surface area (Å²) in [5.41, 5.74) is -3.46. The first-order chi connectivity index (χ1) is 16.1. The first kappa shape index (κ1) is 22.3. The van der Waals surface area contributed by atoms with Gasteiger partial charge in [-0.15, -0.1) is 0 Å². The Kier molecular flexibility index (Phi) is 8.81. The number of phosphoric ester groups is 1. The van der Waals surface area contributed by atoms with Crippen LogP contribution in [0.4, 0.5) is 0 Å². The quantitative estimate of drug-likeness (QED) is 0.155. The van der Waals surface area contributed by atoms with Gasteiger partial charge in [-0.05, 0) is 0 Å². The molecule has 0 spiro atoms. The highest BCUT2D eigenvalue weighted by molar-refractivity contribution is 7.66. The van der Waals surface area contributed by atoms with Gasteiger partial charge in [-0.25, -0.2) is 18.5 Å². The molecule has 6 atom stereocenters. The van der Waals surface area contributed by atoms with E-state index in [1.54, 1.807) is 0 Å². The molecule has 2 rings (SSSR count). The number of rotatable bonds is 8. The third-order valence-corrected chi connectivity index (χ3v) is 6.07. The summed E-state index contributed by atoms with van der Waals surface area (Å²) in [4.78, 5) is 60.8. The highest BCUT2D eigenvalue weighted by Gasteiger charge is 2.46. The fraction of sp³-hybridized carbons (Fsp3) is 0.556. The summed E-state index contributed by atoms with van der Waals surface area (Å²) in [6.07, 6.45) is -19.3. The number of ether oxygens (including phenoxy) is 1. The molecule has 0 amide bonds. The maximum atomic E-state index is 12.2. The predicted molar refractivity (Wildman–Crippen MR) is 107 cm³/mol. The van der Waals surface area contributed by atoms with Gasteiger partial charge in [0.25, 0.3) is 5.56 Å². The summed E-state index contributed by atoms with van der Waals surface area (Å²) in [6, 6.07) is -1.42. The number of hydrogen-bond acceptors (Lipinski definition) is 15. The molecule has 24 heteroatoms. The van der Waals surface area contributed by atoms with Crippen molar-refractivity contribution in [3.8, 4) is 0 Å². The van der Waals surface area contributed by atoms with Gasteiger partial charge in [0.05, 0.1) is 17.5 Å². The molecule has 33 heavy (non-hydrogen) atoms. The lowest BCUT2D eigenvalue weighted by atomic mass is 10.1. The lowest BCUT2D eigenvalue weighted by Gasteiger charge is -2.19. The van der Waals surface area contributed by atoms with E-state index in [1.807, 2.05) is 0 Å². The largest absolute Gasteiger partial charge is 0.490 e. The Morgan fingerprint density at radius 2 is 1.61 bits per heavy atom. The summed E-state index contributed by atoms with van der Waals surface area (Å²) >= 11 is 0. The second-order valence-corrected chi connectivity index (χ2v) is 8.89. The lowest BCUT2D eigenvalue weighted by Crippen LogP contribution is -2.37. The number of nitrogens with zero attached hydrogens (tertiary/aromatic N) is 1. The van der Waals surface area contributed by atoms with E-state index >= 15 is 0 Å². The van der Waals surface area contributed by atoms with Crippen molar-refractivity contribution >= 4 is 23.5 Å². The fourth-order valence-corrected chi connectivity index (χ4v) is 4.34. The third-order valence-electron chi connectivity index (χ3n) is 2.42. The summed E-state index contributed by atoms with van der Waals surface area (Å²) in [7, 11) is -18.6. The standard InChI is InChI=1S/C9H15N2O15P3.4H3N/c12-5-1-2-11(9(15)10-5)8-7(14)6(13)4(24-8)3-23-28(19,20)26-29(21,22)25-27(16,17)18;;;;/h1-2,4,6-8,13-14H,3H2,(H,19,20)(H,21,22)(H,10,12,15)(H2,16,17,18);4*1H3/t4-,6-,7-,8-;;;;/m1..../s1/i1D,2D,3D2,4D,6D,7D,8D;;;;. The van der Waals surface area contributed by atoms with Crippen LogP contribution in [0.25, 0.3) is 0 Å². The minimum Gasteiger partial charge on any atom is -0.387 e. The Morgan fingerprint density at radius 3 is 2.12 bits per heavy atom. The SMILES string of the molecule is N.N.N.N.[2H]c1c([2H])n([C@]2([2H])O[C@]([2H])(C([2H])([2H])OP(=O)(O)OP(=O)(O)OP(=O)(O)O)[C@@]([2H])(O)[C@@]2([2H])O)c(=O)[nH]c1=O. The molecule has 0 aliphatic carbocycles. The number of aromatic amines is 1. The Morgan fingerprint density at radius 1 is 1.06 bits per heavy atom. The zero-order valence-corrected chi connectivity index (χ0v) is 18.7. The van der Waals surface area contributed by atoms with Crippen LogP contribution in [-0.2, 0) is 31.6 Å². The van der Waals surface area contributed by atoms with Crippen LogP contribution in [-0.4, -0.2) is 64.1 Å². The molecular weight excluding hydrogens is 525 g/mol. The van der Waals surface area contributed by atoms with Crippen molar-refractivity contribution in [3.05, 3.63) is 33.1 Å². The minimum atomic E-state index is -6.50. The molecular formula is C9H27N6O15P3. The third kappa shape index (κ3) is 10.3. The van der Waals surface area contributed by atoms with Gasteiger partial charge in [0, 0.05) is 12.2 Å². The summed E-state index contributed by atoms with van der Waals surface area (Å²) in [5, 5.41) is 20.8. The molecule has 1 aromatic rings. The van der Waals surface area contributed by atoms with Crippen LogP contribution >= 0.6 is 23.5 Å². The molecule has 2 heterocycles. The van der Waals surface area contributed by atoms with Gasteiger partial charge in [-0.3, -0.25) is 18.9 Å². The van der Waals surface area contributed by atoms with Crippen LogP contribution in [0.15, 0.2) is 21.8 Å². The van der Waals surface area contributed by atoms with Crippen LogP contribution in [0.5, 0.6) is 0 Å². The zero-order valence-electron chi connectivity index (χ0n) is 24.0. The van der Waals surface area contributed by atoms with Gasteiger partial charge >= 0.3 is 29.2 Å². The van der Waals surface area contributed by atoms with Crippen LogP contribution in [0.3, 0.4) is 0 Å². The number of phosphoric acid groups is 3. The molecule has 1 aliphatic rings. The topological polar surface area (TPSA) is 404 Å². The molecule has 198 valence electrons. The molecule has 21 nitrogen and oxygen atoms in total. The van der Waals surface area contributed by atoms with Gasteiger partial charge in [-0.2, -0.15) is 8.62 Å². The molecule has 0 radical (unpaired) electrons. The van der Waals surface area contributed by atoms with Gasteiger partial charge < -0.3 is 59.1 Å². The Labute approximate surface area is 195 Å². The summed E-state index contributed by atoms with van der Waals surface area (Å²) in [6.45, 7) is -4.61. The van der Waals surface area contributed by atoms with E-state index in [9.17, 15) is 38.4 Å². The second-order valence-electron chi connectivity index (χ2n) is 4.55. The smallest absolute Gasteiger partial charge is 0.387 e. The van der Waals surface area contributed by atoms with Gasteiger partial charge in [0.2, 0.25) is 0 Å². The first-order valence-electron chi connectivity index (χ1n) is 10.4. The van der Waals surface area contributed by atoms with Crippen LogP contribution in [0.2, 0.25) is 0 Å². The number of nitrogens with one attached hydrogen (secondary N) is 1. The van der Waals surface area contributed by atoms with E-state index in [0.29, 0.717) is 0 Å². The predicted octanol–water partition coefficient (Wildman–Crippen LogP) is -1.85. The van der Waals surface area contributed by atoms with Crippen LogP contribution < -0.4 is 35.9 Å². The average Bonchev–Trinajstić information content (AvgIpc) is 2.71. The van der Waals surface area contributed by atoms with E-state index in [0.717, 1.165) is 0 Å². The van der Waals surface area contributed by atoms with Crippen molar-refractivity contribution in [1.82, 2.24) is 34.2 Å². The van der Waals surface area contributed by atoms with Crippen molar-refractivity contribution in [2.75, 3.05) is 6.56 Å². The Bertz CT molecular complexity index is 1390. The van der Waals surface area contributed by atoms with Crippen molar-refractivity contribution in [3.63, 3.8) is 0 Å². The number of aromatic nitrogens is 2. The zero-order chi connectivity index (χ0) is 29.4. The van der Waals surface area contributed by atoms with Crippen molar-refractivity contribution in [2.45, 2.75) is 24.4 Å². The molecule has 0 bridgehead atoms. The molecule has 0 saturated carbocycles. The van der Waals surface area contributed by atoms with Crippen LogP contribution in [0.1, 0.15) is 17.2 Å². The van der Waals surface area contributed by atoms with Gasteiger partial charge in [0.1, 0.15) is 18.2 Å². The van der Waals surface area contributed by atoms with Crippen molar-refractivity contribution in [1.29, 1.82) is 0 Å². The second kappa shape index (κ2) is 13.0. The monoisotopic (exact) mass is 560 g/mol. The Hall–Kier alpha value is -1.19. The average molecular weight is 560 g/mol. The summed E-state index contributed by atoms with van der Waals surface area (Å²) < 4.78 is 111. The first-order valence-corrected chi connectivity index (χ1v) is 10.9. The van der Waals surface area contributed by atoms with Gasteiger partial charge in [0.15, 0.2) is 6.20 Å². The highest BCUT2D eigenvalue weighted by Crippen LogP contribution is 2.66. The van der Waals surface area contributed by atoms with E-state index < -0.39 is 82.5 Å². The highest BCUT2D eigenvalue weighted by atomic mass is 31.3. The number of hydrogen-bond donors (Lipinski definition) is 11. The molecule has 1 saturated heterocycles. The molecule has 2 unspecified atom stereocenters. The van der Waals surface area contributed by atoms with Crippen LogP contribution in [0, 0.1) is 0 Å². The van der Waals surface area contributed by atoms with E-state index in [1.165, 1.54) is 4.98 Å². The molecule has 1 aromatic heterocycles. The number of aliphatic hydroxyl groups is 2. The summed E-state index contributed by atoms with van der Waals surface area (Å²) in [5.74, 6) is 0. The molecule has 19 N–H and O–H groups in total. The number of H-pyrrole nitrogens is 1. The molecule has 1 fully saturated rings. The normalized spacial score (nSPS) is 38.6. The lowest BCUT2D eigenvalue weighted by molar-refractivity contribution is -0.0542. The Balaban J connectivity index is -0.00000361. The molecule has 0 aromatic carbocycles. The van der Waals surface area contributed by atoms with Gasteiger partial charge in [-0.1, -0.05) is 0 Å². The van der Waals surface area contributed by atoms with Crippen molar-refractivity contribution < 1.29 is 72.3 Å².